The highest BCUT2D eigenvalue weighted by Crippen LogP contribution is 2.28. The number of nitrogens with zero attached hydrogens (tertiary/aromatic N) is 3. The van der Waals surface area contributed by atoms with Crippen molar-refractivity contribution in [3.8, 4) is 5.75 Å². The van der Waals surface area contributed by atoms with Gasteiger partial charge in [-0.05, 0) is 6.04 Å². The Labute approximate surface area is 128 Å². The minimum atomic E-state index is -1.04. The number of hydrogen-bond acceptors (Lipinski definition) is 5. The third-order valence-corrected chi connectivity index (χ3v) is 5.33. The molecular weight excluding hydrogens is 284 g/mol. The SMILES string of the molecule is COc1cnn(COCC[Si](C)(C)C)c1N1CCNCC1. The molecule has 1 saturated heterocycles. The van der Waals surface area contributed by atoms with Crippen LogP contribution in [-0.4, -0.2) is 57.8 Å². The second kappa shape index (κ2) is 7.28. The lowest BCUT2D eigenvalue weighted by Crippen LogP contribution is -2.44. The molecule has 21 heavy (non-hydrogen) atoms. The highest BCUT2D eigenvalue weighted by Gasteiger charge is 2.20. The number of methoxy groups -OCH3 is 1. The summed E-state index contributed by atoms with van der Waals surface area (Å²) in [6, 6.07) is 1.17. The summed E-state index contributed by atoms with van der Waals surface area (Å²) in [5, 5.41) is 7.78. The predicted octanol–water partition coefficient (Wildman–Crippen LogP) is 1.61. The Morgan fingerprint density at radius 1 is 1.29 bits per heavy atom. The largest absolute Gasteiger partial charge is 0.491 e. The van der Waals surface area contributed by atoms with Gasteiger partial charge in [0.25, 0.3) is 0 Å². The van der Waals surface area contributed by atoms with Crippen molar-refractivity contribution >= 4 is 13.9 Å². The van der Waals surface area contributed by atoms with Crippen molar-refractivity contribution in [3.63, 3.8) is 0 Å². The molecular formula is C14H28N4O2Si. The van der Waals surface area contributed by atoms with Gasteiger partial charge >= 0.3 is 0 Å². The smallest absolute Gasteiger partial charge is 0.181 e. The third kappa shape index (κ3) is 4.72. The van der Waals surface area contributed by atoms with Gasteiger partial charge in [-0.1, -0.05) is 19.6 Å². The fourth-order valence-corrected chi connectivity index (χ4v) is 3.08. The van der Waals surface area contributed by atoms with Crippen molar-refractivity contribution < 1.29 is 9.47 Å². The van der Waals surface area contributed by atoms with E-state index in [1.54, 1.807) is 13.3 Å². The number of hydrogen-bond donors (Lipinski definition) is 1. The maximum absolute atomic E-state index is 5.82. The van der Waals surface area contributed by atoms with Gasteiger partial charge < -0.3 is 19.7 Å². The van der Waals surface area contributed by atoms with Gasteiger partial charge in [0.05, 0.1) is 13.3 Å². The minimum absolute atomic E-state index is 0.493. The molecule has 1 N–H and O–H groups in total. The van der Waals surface area contributed by atoms with Gasteiger partial charge in [0.15, 0.2) is 11.6 Å². The Balaban J connectivity index is 1.97. The molecule has 6 nitrogen and oxygen atoms in total. The highest BCUT2D eigenvalue weighted by atomic mass is 28.3. The molecule has 120 valence electrons. The molecule has 1 aliphatic heterocycles. The second-order valence-corrected chi connectivity index (χ2v) is 12.2. The minimum Gasteiger partial charge on any atom is -0.491 e. The molecule has 0 unspecified atom stereocenters. The van der Waals surface area contributed by atoms with Gasteiger partial charge in [0, 0.05) is 40.9 Å². The molecule has 1 aliphatic rings. The summed E-state index contributed by atoms with van der Waals surface area (Å²) in [5.41, 5.74) is 0. The molecule has 0 atom stereocenters. The molecule has 7 heteroatoms. The fourth-order valence-electron chi connectivity index (χ4n) is 2.33. The Kier molecular flexibility index (Phi) is 5.66. The molecule has 0 radical (unpaired) electrons. The third-order valence-electron chi connectivity index (χ3n) is 3.63. The van der Waals surface area contributed by atoms with E-state index in [2.05, 4.69) is 35.0 Å². The highest BCUT2D eigenvalue weighted by molar-refractivity contribution is 6.76. The van der Waals surface area contributed by atoms with Crippen molar-refractivity contribution in [1.82, 2.24) is 15.1 Å². The Hall–Kier alpha value is -1.05. The first kappa shape index (κ1) is 16.3. The first-order valence-electron chi connectivity index (χ1n) is 7.64. The number of nitrogens with one attached hydrogen (secondary N) is 1. The van der Waals surface area contributed by atoms with Gasteiger partial charge in [0.1, 0.15) is 6.73 Å². The normalized spacial score (nSPS) is 16.3. The van der Waals surface area contributed by atoms with Crippen LogP contribution >= 0.6 is 0 Å². The van der Waals surface area contributed by atoms with Gasteiger partial charge in [0.2, 0.25) is 0 Å². The standard InChI is InChI=1S/C14H28N4O2Si/c1-19-13-11-16-18(12-20-9-10-21(2,3)4)14(13)17-7-5-15-6-8-17/h11,15H,5-10,12H2,1-4H3. The van der Waals surface area contributed by atoms with Crippen molar-refractivity contribution in [3.05, 3.63) is 6.20 Å². The van der Waals surface area contributed by atoms with Gasteiger partial charge in [-0.25, -0.2) is 4.68 Å². The van der Waals surface area contributed by atoms with Crippen LogP contribution in [0.4, 0.5) is 5.82 Å². The maximum Gasteiger partial charge on any atom is 0.181 e. The number of rotatable bonds is 7. The summed E-state index contributed by atoms with van der Waals surface area (Å²) in [6.07, 6.45) is 1.78. The van der Waals surface area contributed by atoms with E-state index in [9.17, 15) is 0 Å². The van der Waals surface area contributed by atoms with Gasteiger partial charge in [-0.15, -0.1) is 0 Å². The molecule has 0 aliphatic carbocycles. The molecule has 0 amide bonds. The Morgan fingerprint density at radius 2 is 2.00 bits per heavy atom. The topological polar surface area (TPSA) is 51.6 Å². The number of aromatic nitrogens is 2. The summed E-state index contributed by atoms with van der Waals surface area (Å²) < 4.78 is 13.2. The monoisotopic (exact) mass is 312 g/mol. The Bertz CT molecular complexity index is 439. The first-order valence-corrected chi connectivity index (χ1v) is 11.4. The lowest BCUT2D eigenvalue weighted by atomic mass is 10.3. The van der Waals surface area contributed by atoms with E-state index >= 15 is 0 Å². The summed E-state index contributed by atoms with van der Waals surface area (Å²) in [6.45, 7) is 12.3. The van der Waals surface area contributed by atoms with E-state index in [1.165, 1.54) is 6.04 Å². The van der Waals surface area contributed by atoms with Gasteiger partial charge in [-0.2, -0.15) is 5.10 Å². The summed E-state index contributed by atoms with van der Waals surface area (Å²) in [4.78, 5) is 2.31. The lowest BCUT2D eigenvalue weighted by Gasteiger charge is -2.30. The molecule has 0 aromatic carbocycles. The fraction of sp³-hybridized carbons (Fsp3) is 0.786. The molecule has 0 saturated carbocycles. The molecule has 1 aromatic rings. The molecule has 2 rings (SSSR count). The van der Waals surface area contributed by atoms with Crippen LogP contribution in [0.5, 0.6) is 5.75 Å². The predicted molar refractivity (Wildman–Crippen MR) is 88.0 cm³/mol. The Morgan fingerprint density at radius 3 is 2.62 bits per heavy atom. The van der Waals surface area contributed by atoms with Crippen molar-refractivity contribution in [2.45, 2.75) is 32.4 Å². The number of ether oxygens (including phenoxy) is 2. The molecule has 1 aromatic heterocycles. The van der Waals surface area contributed by atoms with Crippen molar-refractivity contribution in [2.75, 3.05) is 44.8 Å². The van der Waals surface area contributed by atoms with Crippen LogP contribution in [0.25, 0.3) is 0 Å². The zero-order valence-electron chi connectivity index (χ0n) is 13.7. The van der Waals surface area contributed by atoms with Crippen LogP contribution in [0.15, 0.2) is 6.20 Å². The van der Waals surface area contributed by atoms with Crippen LogP contribution in [0.1, 0.15) is 0 Å². The summed E-state index contributed by atoms with van der Waals surface area (Å²) >= 11 is 0. The average Bonchev–Trinajstić information content (AvgIpc) is 2.86. The zero-order valence-corrected chi connectivity index (χ0v) is 14.7. The molecule has 2 heterocycles. The van der Waals surface area contributed by atoms with Crippen LogP contribution in [-0.2, 0) is 11.5 Å². The van der Waals surface area contributed by atoms with Crippen molar-refractivity contribution in [2.24, 2.45) is 0 Å². The van der Waals surface area contributed by atoms with E-state index in [0.29, 0.717) is 6.73 Å². The number of anilines is 1. The molecule has 1 fully saturated rings. The van der Waals surface area contributed by atoms with Crippen LogP contribution in [0.3, 0.4) is 0 Å². The second-order valence-electron chi connectivity index (χ2n) is 6.62. The molecule has 0 bridgehead atoms. The van der Waals surface area contributed by atoms with E-state index in [-0.39, 0.29) is 0 Å². The van der Waals surface area contributed by atoms with Crippen molar-refractivity contribution in [1.29, 1.82) is 0 Å². The van der Waals surface area contributed by atoms with Crippen LogP contribution in [0, 0.1) is 0 Å². The van der Waals surface area contributed by atoms with E-state index in [4.69, 9.17) is 9.47 Å². The van der Waals surface area contributed by atoms with Gasteiger partial charge in [-0.3, -0.25) is 0 Å². The summed E-state index contributed by atoms with van der Waals surface area (Å²) in [5.74, 6) is 1.86. The maximum atomic E-state index is 5.82. The average molecular weight is 312 g/mol. The zero-order chi connectivity index (χ0) is 15.3. The number of piperazine rings is 1. The van der Waals surface area contributed by atoms with Crippen LogP contribution < -0.4 is 15.0 Å². The van der Waals surface area contributed by atoms with Crippen LogP contribution in [0.2, 0.25) is 25.7 Å². The first-order chi connectivity index (χ1) is 10.0. The molecule has 0 spiro atoms. The summed E-state index contributed by atoms with van der Waals surface area (Å²) in [7, 11) is 0.653. The quantitative estimate of drug-likeness (QED) is 0.612. The van der Waals surface area contributed by atoms with E-state index in [1.807, 2.05) is 4.68 Å². The van der Waals surface area contributed by atoms with E-state index in [0.717, 1.165) is 44.4 Å². The lowest BCUT2D eigenvalue weighted by molar-refractivity contribution is 0.0792. The van der Waals surface area contributed by atoms with E-state index < -0.39 is 8.07 Å².